The minimum Gasteiger partial charge on any atom is -0.478 e. The molecule has 0 saturated heterocycles. The first-order valence-electron chi connectivity index (χ1n) is 5.22. The standard InChI is InChI=1S/C13H9NO3/c15-13(16)10-5-1-3-8-7-9-4-2-6-14-12(9)17-11(8)10/h1-6H,7H2,(H,15,16). The Morgan fingerprint density at radius 2 is 2.06 bits per heavy atom. The van der Waals surface area contributed by atoms with Crippen LogP contribution in [-0.4, -0.2) is 16.1 Å². The molecule has 4 heteroatoms. The second-order valence-electron chi connectivity index (χ2n) is 3.85. The van der Waals surface area contributed by atoms with Gasteiger partial charge in [0.25, 0.3) is 0 Å². The number of carbonyl (C=O) groups is 1. The van der Waals surface area contributed by atoms with E-state index in [2.05, 4.69) is 4.98 Å². The van der Waals surface area contributed by atoms with Crippen molar-refractivity contribution in [3.63, 3.8) is 0 Å². The molecule has 2 heterocycles. The highest BCUT2D eigenvalue weighted by molar-refractivity contribution is 5.91. The first-order chi connectivity index (χ1) is 8.25. The van der Waals surface area contributed by atoms with Gasteiger partial charge in [-0.15, -0.1) is 0 Å². The van der Waals surface area contributed by atoms with Crippen LogP contribution in [0, 0.1) is 0 Å². The minimum absolute atomic E-state index is 0.179. The summed E-state index contributed by atoms with van der Waals surface area (Å²) >= 11 is 0. The fourth-order valence-corrected chi connectivity index (χ4v) is 1.97. The topological polar surface area (TPSA) is 59.4 Å². The van der Waals surface area contributed by atoms with E-state index in [1.54, 1.807) is 12.3 Å². The number of aromatic nitrogens is 1. The molecule has 4 nitrogen and oxygen atoms in total. The molecule has 0 radical (unpaired) electrons. The van der Waals surface area contributed by atoms with Gasteiger partial charge in [0.15, 0.2) is 0 Å². The number of pyridine rings is 1. The first kappa shape index (κ1) is 9.84. The molecular weight excluding hydrogens is 218 g/mol. The lowest BCUT2D eigenvalue weighted by molar-refractivity contribution is 0.0693. The molecule has 0 unspecified atom stereocenters. The van der Waals surface area contributed by atoms with Gasteiger partial charge in [-0.25, -0.2) is 9.78 Å². The molecule has 0 aliphatic carbocycles. The summed E-state index contributed by atoms with van der Waals surface area (Å²) in [5, 5.41) is 9.09. The first-order valence-corrected chi connectivity index (χ1v) is 5.22. The van der Waals surface area contributed by atoms with Crippen LogP contribution in [0.1, 0.15) is 21.5 Å². The number of rotatable bonds is 1. The van der Waals surface area contributed by atoms with Crippen LogP contribution in [0.5, 0.6) is 11.6 Å². The molecule has 0 atom stereocenters. The maximum atomic E-state index is 11.1. The fourth-order valence-electron chi connectivity index (χ4n) is 1.97. The summed E-state index contributed by atoms with van der Waals surface area (Å²) in [6.07, 6.45) is 2.28. The number of ether oxygens (including phenoxy) is 1. The fraction of sp³-hybridized carbons (Fsp3) is 0.0769. The molecule has 2 aromatic rings. The average molecular weight is 227 g/mol. The normalized spacial score (nSPS) is 12.2. The zero-order valence-corrected chi connectivity index (χ0v) is 8.88. The van der Waals surface area contributed by atoms with E-state index in [0.717, 1.165) is 11.1 Å². The summed E-state index contributed by atoms with van der Waals surface area (Å²) in [4.78, 5) is 15.2. The summed E-state index contributed by atoms with van der Waals surface area (Å²) in [5.74, 6) is -0.0823. The van der Waals surface area contributed by atoms with Crippen LogP contribution in [0.4, 0.5) is 0 Å². The van der Waals surface area contributed by atoms with Gasteiger partial charge in [0.1, 0.15) is 11.3 Å². The SMILES string of the molecule is O=C(O)c1cccc2c1Oc1ncccc1C2. The van der Waals surface area contributed by atoms with Crippen molar-refractivity contribution in [2.45, 2.75) is 6.42 Å². The summed E-state index contributed by atoms with van der Waals surface area (Å²) < 4.78 is 5.58. The Morgan fingerprint density at radius 1 is 1.24 bits per heavy atom. The van der Waals surface area contributed by atoms with Crippen LogP contribution in [0.25, 0.3) is 0 Å². The molecule has 0 bridgehead atoms. The number of hydrogen-bond donors (Lipinski definition) is 1. The molecule has 1 aromatic heterocycles. The number of para-hydroxylation sites is 1. The van der Waals surface area contributed by atoms with Crippen LogP contribution in [0.3, 0.4) is 0 Å². The lowest BCUT2D eigenvalue weighted by atomic mass is 10.00. The van der Waals surface area contributed by atoms with E-state index in [1.165, 1.54) is 6.07 Å². The van der Waals surface area contributed by atoms with Crippen LogP contribution in [-0.2, 0) is 6.42 Å². The van der Waals surface area contributed by atoms with E-state index in [0.29, 0.717) is 18.1 Å². The van der Waals surface area contributed by atoms with Crippen molar-refractivity contribution in [2.24, 2.45) is 0 Å². The Labute approximate surface area is 97.5 Å². The summed E-state index contributed by atoms with van der Waals surface area (Å²) in [7, 11) is 0. The van der Waals surface area contributed by atoms with Gasteiger partial charge in [0.05, 0.1) is 0 Å². The number of nitrogens with zero attached hydrogens (tertiary/aromatic N) is 1. The lowest BCUT2D eigenvalue weighted by Gasteiger charge is -2.20. The Balaban J connectivity index is 2.15. The highest BCUT2D eigenvalue weighted by Gasteiger charge is 2.22. The van der Waals surface area contributed by atoms with Gasteiger partial charge in [-0.05, 0) is 12.1 Å². The van der Waals surface area contributed by atoms with Gasteiger partial charge in [0.2, 0.25) is 5.88 Å². The summed E-state index contributed by atoms with van der Waals surface area (Å²) in [5.41, 5.74) is 2.03. The van der Waals surface area contributed by atoms with Gasteiger partial charge in [-0.1, -0.05) is 18.2 Å². The number of carboxylic acids is 1. The molecule has 17 heavy (non-hydrogen) atoms. The predicted molar refractivity (Wildman–Crippen MR) is 60.5 cm³/mol. The molecule has 0 fully saturated rings. The molecular formula is C13H9NO3. The third-order valence-corrected chi connectivity index (χ3v) is 2.76. The smallest absolute Gasteiger partial charge is 0.339 e. The molecule has 1 aliphatic heterocycles. The van der Waals surface area contributed by atoms with E-state index in [-0.39, 0.29) is 5.56 Å². The number of hydrogen-bond acceptors (Lipinski definition) is 3. The van der Waals surface area contributed by atoms with E-state index < -0.39 is 5.97 Å². The number of benzene rings is 1. The van der Waals surface area contributed by atoms with Crippen molar-refractivity contribution in [2.75, 3.05) is 0 Å². The Hall–Kier alpha value is -2.36. The summed E-state index contributed by atoms with van der Waals surface area (Å²) in [6.45, 7) is 0. The van der Waals surface area contributed by atoms with Crippen LogP contribution < -0.4 is 4.74 Å². The van der Waals surface area contributed by atoms with E-state index in [9.17, 15) is 4.79 Å². The third kappa shape index (κ3) is 1.54. The quantitative estimate of drug-likeness (QED) is 0.693. The maximum absolute atomic E-state index is 11.1. The predicted octanol–water partition coefficient (Wildman–Crippen LogP) is 2.48. The number of carboxylic acid groups (broad SMARTS) is 1. The van der Waals surface area contributed by atoms with Gasteiger partial charge < -0.3 is 9.84 Å². The second-order valence-corrected chi connectivity index (χ2v) is 3.85. The van der Waals surface area contributed by atoms with Crippen molar-refractivity contribution >= 4 is 5.97 Å². The molecule has 84 valence electrons. The van der Waals surface area contributed by atoms with Crippen LogP contribution in [0.15, 0.2) is 36.5 Å². The molecule has 0 saturated carbocycles. The Kier molecular flexibility index (Phi) is 2.08. The molecule has 1 aliphatic rings. The molecule has 0 amide bonds. The van der Waals surface area contributed by atoms with E-state index >= 15 is 0 Å². The highest BCUT2D eigenvalue weighted by Crippen LogP contribution is 2.37. The third-order valence-electron chi connectivity index (χ3n) is 2.76. The minimum atomic E-state index is -0.985. The highest BCUT2D eigenvalue weighted by atomic mass is 16.5. The average Bonchev–Trinajstić information content (AvgIpc) is 2.35. The van der Waals surface area contributed by atoms with Gasteiger partial charge in [0, 0.05) is 23.7 Å². The molecule has 0 spiro atoms. The van der Waals surface area contributed by atoms with Crippen LogP contribution >= 0.6 is 0 Å². The van der Waals surface area contributed by atoms with Crippen LogP contribution in [0.2, 0.25) is 0 Å². The number of fused-ring (bicyclic) bond motifs is 2. The zero-order valence-electron chi connectivity index (χ0n) is 8.88. The van der Waals surface area contributed by atoms with Crippen molar-refractivity contribution in [3.8, 4) is 11.6 Å². The molecule has 1 N–H and O–H groups in total. The molecule has 1 aromatic carbocycles. The van der Waals surface area contributed by atoms with Crippen molar-refractivity contribution in [3.05, 3.63) is 53.2 Å². The largest absolute Gasteiger partial charge is 0.478 e. The van der Waals surface area contributed by atoms with Gasteiger partial charge in [-0.2, -0.15) is 0 Å². The maximum Gasteiger partial charge on any atom is 0.339 e. The monoisotopic (exact) mass is 227 g/mol. The van der Waals surface area contributed by atoms with E-state index in [1.807, 2.05) is 18.2 Å². The zero-order chi connectivity index (χ0) is 11.8. The van der Waals surface area contributed by atoms with Gasteiger partial charge in [-0.3, -0.25) is 0 Å². The lowest BCUT2D eigenvalue weighted by Crippen LogP contribution is -2.09. The van der Waals surface area contributed by atoms with E-state index in [4.69, 9.17) is 9.84 Å². The van der Waals surface area contributed by atoms with Gasteiger partial charge >= 0.3 is 5.97 Å². The van der Waals surface area contributed by atoms with Crippen molar-refractivity contribution in [1.29, 1.82) is 0 Å². The molecule has 3 rings (SSSR count). The Morgan fingerprint density at radius 3 is 2.88 bits per heavy atom. The number of aromatic carboxylic acids is 1. The Bertz CT molecular complexity index is 607. The second kappa shape index (κ2) is 3.59. The summed E-state index contributed by atoms with van der Waals surface area (Å²) in [6, 6.07) is 8.91. The van der Waals surface area contributed by atoms with Crippen molar-refractivity contribution < 1.29 is 14.6 Å². The van der Waals surface area contributed by atoms with Crippen molar-refractivity contribution in [1.82, 2.24) is 4.98 Å².